The van der Waals surface area contributed by atoms with Crippen molar-refractivity contribution in [3.63, 3.8) is 0 Å². The molecule has 0 saturated carbocycles. The van der Waals surface area contributed by atoms with E-state index < -0.39 is 5.54 Å². The molecule has 13 heavy (non-hydrogen) atoms. The van der Waals surface area contributed by atoms with Crippen molar-refractivity contribution in [1.29, 1.82) is 0 Å². The van der Waals surface area contributed by atoms with Gasteiger partial charge < -0.3 is 5.32 Å². The average Bonchev–Trinajstić information content (AvgIpc) is 2.21. The van der Waals surface area contributed by atoms with Crippen LogP contribution < -0.4 is 5.32 Å². The number of halogens is 1. The van der Waals surface area contributed by atoms with Crippen molar-refractivity contribution < 1.29 is 9.59 Å². The van der Waals surface area contributed by atoms with E-state index in [2.05, 4.69) is 21.2 Å². The summed E-state index contributed by atoms with van der Waals surface area (Å²) in [6, 6.07) is -0.282. The van der Waals surface area contributed by atoms with Gasteiger partial charge in [-0.05, 0) is 20.3 Å². The van der Waals surface area contributed by atoms with Crippen LogP contribution in [0.25, 0.3) is 0 Å². The Kier molecular flexibility index (Phi) is 2.95. The Hall–Kier alpha value is -0.580. The monoisotopic (exact) mass is 248 g/mol. The molecule has 0 unspecified atom stereocenters. The van der Waals surface area contributed by atoms with Gasteiger partial charge in [0, 0.05) is 11.9 Å². The van der Waals surface area contributed by atoms with E-state index in [0.29, 0.717) is 6.54 Å². The highest BCUT2D eigenvalue weighted by Crippen LogP contribution is 2.16. The molecular formula is C8H13BrN2O2. The molecule has 0 aliphatic carbocycles. The molecule has 5 heteroatoms. The second-order valence-corrected chi connectivity index (χ2v) is 4.35. The predicted molar refractivity (Wildman–Crippen MR) is 52.7 cm³/mol. The van der Waals surface area contributed by atoms with Crippen molar-refractivity contribution >= 4 is 27.9 Å². The lowest BCUT2D eigenvalue weighted by Crippen LogP contribution is -2.40. The molecule has 0 aromatic carbocycles. The van der Waals surface area contributed by atoms with Crippen molar-refractivity contribution in [1.82, 2.24) is 10.2 Å². The number of alkyl halides is 1. The van der Waals surface area contributed by atoms with Gasteiger partial charge >= 0.3 is 6.03 Å². The number of carbonyl (C=O) groups excluding carboxylic acids is 2. The summed E-state index contributed by atoms with van der Waals surface area (Å²) in [6.45, 7) is 3.90. The van der Waals surface area contributed by atoms with Crippen LogP contribution in [0.5, 0.6) is 0 Å². The smallest absolute Gasteiger partial charge is 0.324 e. The van der Waals surface area contributed by atoms with Crippen LogP contribution in [0.4, 0.5) is 4.79 Å². The first-order valence-corrected chi connectivity index (χ1v) is 5.31. The Bertz CT molecular complexity index is 240. The maximum absolute atomic E-state index is 11.6. The van der Waals surface area contributed by atoms with Crippen LogP contribution in [-0.4, -0.2) is 34.3 Å². The molecule has 1 N–H and O–H groups in total. The molecule has 0 radical (unpaired) electrons. The molecule has 1 rings (SSSR count). The maximum Gasteiger partial charge on any atom is 0.325 e. The summed E-state index contributed by atoms with van der Waals surface area (Å²) in [5, 5.41) is 3.42. The number of hydrogen-bond donors (Lipinski definition) is 1. The second kappa shape index (κ2) is 3.65. The highest BCUT2D eigenvalue weighted by Gasteiger charge is 2.43. The Labute approximate surface area is 85.8 Å². The highest BCUT2D eigenvalue weighted by molar-refractivity contribution is 9.09. The molecule has 4 nitrogen and oxygen atoms in total. The number of rotatable bonds is 3. The van der Waals surface area contributed by atoms with Crippen molar-refractivity contribution in [3.8, 4) is 0 Å². The lowest BCUT2D eigenvalue weighted by atomic mass is 10.1. The van der Waals surface area contributed by atoms with E-state index in [1.54, 1.807) is 13.8 Å². The number of urea groups is 1. The van der Waals surface area contributed by atoms with Crippen LogP contribution in [0.2, 0.25) is 0 Å². The third kappa shape index (κ3) is 2.02. The maximum atomic E-state index is 11.6. The normalized spacial score (nSPS) is 20.7. The number of carbonyl (C=O) groups is 2. The average molecular weight is 249 g/mol. The third-order valence-electron chi connectivity index (χ3n) is 1.96. The summed E-state index contributed by atoms with van der Waals surface area (Å²) in [5.74, 6) is -0.140. The molecule has 3 amide bonds. The van der Waals surface area contributed by atoms with Gasteiger partial charge in [-0.2, -0.15) is 0 Å². The first-order valence-electron chi connectivity index (χ1n) is 4.19. The summed E-state index contributed by atoms with van der Waals surface area (Å²) < 4.78 is 0. The minimum atomic E-state index is -0.733. The molecule has 1 aliphatic heterocycles. The van der Waals surface area contributed by atoms with E-state index in [-0.39, 0.29) is 11.9 Å². The van der Waals surface area contributed by atoms with Crippen LogP contribution in [0.1, 0.15) is 20.3 Å². The SMILES string of the molecule is CC1(C)NC(=O)N(CCCBr)C1=O. The Morgan fingerprint density at radius 2 is 2.08 bits per heavy atom. The van der Waals surface area contributed by atoms with E-state index in [9.17, 15) is 9.59 Å². The minimum Gasteiger partial charge on any atom is -0.324 e. The second-order valence-electron chi connectivity index (χ2n) is 3.55. The van der Waals surface area contributed by atoms with Gasteiger partial charge in [-0.15, -0.1) is 0 Å². The van der Waals surface area contributed by atoms with Gasteiger partial charge in [-0.1, -0.05) is 15.9 Å². The zero-order valence-electron chi connectivity index (χ0n) is 7.76. The number of imide groups is 1. The zero-order valence-corrected chi connectivity index (χ0v) is 9.35. The van der Waals surface area contributed by atoms with E-state index in [1.165, 1.54) is 4.90 Å². The van der Waals surface area contributed by atoms with Crippen LogP contribution in [0.15, 0.2) is 0 Å². The summed E-state index contributed by atoms with van der Waals surface area (Å²) in [4.78, 5) is 24.1. The van der Waals surface area contributed by atoms with Crippen LogP contribution >= 0.6 is 15.9 Å². The van der Waals surface area contributed by atoms with Crippen molar-refractivity contribution in [3.05, 3.63) is 0 Å². The fourth-order valence-electron chi connectivity index (χ4n) is 1.24. The van der Waals surface area contributed by atoms with Crippen LogP contribution in [0, 0.1) is 0 Å². The molecule has 0 spiro atoms. The van der Waals surface area contributed by atoms with Crippen LogP contribution in [0.3, 0.4) is 0 Å². The quantitative estimate of drug-likeness (QED) is 0.601. The first-order chi connectivity index (χ1) is 5.99. The minimum absolute atomic E-state index is 0.140. The summed E-state index contributed by atoms with van der Waals surface area (Å²) in [5.41, 5.74) is -0.733. The molecule has 1 heterocycles. The van der Waals surface area contributed by atoms with Gasteiger partial charge in [-0.25, -0.2) is 4.79 Å². The van der Waals surface area contributed by atoms with Gasteiger partial charge in [0.1, 0.15) is 5.54 Å². The molecule has 1 fully saturated rings. The largest absolute Gasteiger partial charge is 0.325 e. The van der Waals surface area contributed by atoms with Crippen molar-refractivity contribution in [2.75, 3.05) is 11.9 Å². The predicted octanol–water partition coefficient (Wildman–Crippen LogP) is 1.10. The lowest BCUT2D eigenvalue weighted by Gasteiger charge is -2.15. The molecule has 0 atom stereocenters. The summed E-state index contributed by atoms with van der Waals surface area (Å²) in [6.07, 6.45) is 0.787. The van der Waals surface area contributed by atoms with E-state index in [4.69, 9.17) is 0 Å². The Balaban J connectivity index is 2.66. The van der Waals surface area contributed by atoms with Crippen LogP contribution in [-0.2, 0) is 4.79 Å². The fraction of sp³-hybridized carbons (Fsp3) is 0.750. The van der Waals surface area contributed by atoms with Crippen molar-refractivity contribution in [2.45, 2.75) is 25.8 Å². The Morgan fingerprint density at radius 3 is 2.46 bits per heavy atom. The Morgan fingerprint density at radius 1 is 1.46 bits per heavy atom. The molecule has 74 valence electrons. The molecule has 0 aromatic heterocycles. The number of amides is 3. The number of nitrogens with one attached hydrogen (secondary N) is 1. The van der Waals surface area contributed by atoms with E-state index in [0.717, 1.165) is 11.8 Å². The summed E-state index contributed by atoms with van der Waals surface area (Å²) >= 11 is 3.26. The fourth-order valence-corrected chi connectivity index (χ4v) is 1.49. The van der Waals surface area contributed by atoms with Crippen molar-refractivity contribution in [2.24, 2.45) is 0 Å². The van der Waals surface area contributed by atoms with Gasteiger partial charge in [0.2, 0.25) is 0 Å². The highest BCUT2D eigenvalue weighted by atomic mass is 79.9. The zero-order chi connectivity index (χ0) is 10.1. The standard InChI is InChI=1S/C8H13BrN2O2/c1-8(2)6(12)11(5-3-4-9)7(13)10-8/h3-5H2,1-2H3,(H,10,13). The first kappa shape index (κ1) is 10.5. The number of nitrogens with zero attached hydrogens (tertiary/aromatic N) is 1. The summed E-state index contributed by atoms with van der Waals surface area (Å²) in [7, 11) is 0. The molecule has 0 bridgehead atoms. The third-order valence-corrected chi connectivity index (χ3v) is 2.52. The lowest BCUT2D eigenvalue weighted by molar-refractivity contribution is -0.130. The van der Waals surface area contributed by atoms with Gasteiger partial charge in [0.25, 0.3) is 5.91 Å². The molecule has 1 saturated heterocycles. The molecule has 0 aromatic rings. The molecular weight excluding hydrogens is 236 g/mol. The van der Waals surface area contributed by atoms with E-state index >= 15 is 0 Å². The topological polar surface area (TPSA) is 49.4 Å². The van der Waals surface area contributed by atoms with Gasteiger partial charge in [0.15, 0.2) is 0 Å². The number of hydrogen-bond acceptors (Lipinski definition) is 2. The van der Waals surface area contributed by atoms with E-state index in [1.807, 2.05) is 0 Å². The van der Waals surface area contributed by atoms with Gasteiger partial charge in [-0.3, -0.25) is 9.69 Å². The van der Waals surface area contributed by atoms with Gasteiger partial charge in [0.05, 0.1) is 0 Å². The molecule has 1 aliphatic rings.